The lowest BCUT2D eigenvalue weighted by Gasteiger charge is -2.52. The summed E-state index contributed by atoms with van der Waals surface area (Å²) < 4.78 is 187. The average Bonchev–Trinajstić information content (AvgIpc) is 2.59. The van der Waals surface area contributed by atoms with E-state index in [0.29, 0.717) is 18.2 Å². The van der Waals surface area contributed by atoms with E-state index in [-0.39, 0.29) is 6.07 Å². The second kappa shape index (κ2) is 6.36. The van der Waals surface area contributed by atoms with Gasteiger partial charge in [-0.05, 0) is 17.7 Å². The summed E-state index contributed by atoms with van der Waals surface area (Å²) in [5.41, 5.74) is -9.36. The summed E-state index contributed by atoms with van der Waals surface area (Å²) in [5, 5.41) is 9.61. The highest BCUT2D eigenvalue weighted by molar-refractivity contribution is 5.31. The van der Waals surface area contributed by atoms with E-state index in [4.69, 9.17) is 0 Å². The van der Waals surface area contributed by atoms with Gasteiger partial charge in [0.2, 0.25) is 0 Å². The molecule has 0 spiro atoms. The van der Waals surface area contributed by atoms with Crippen LogP contribution < -0.4 is 0 Å². The van der Waals surface area contributed by atoms with Crippen molar-refractivity contribution < 1.29 is 66.6 Å². The van der Waals surface area contributed by atoms with Crippen LogP contribution in [-0.4, -0.2) is 40.4 Å². The highest BCUT2D eigenvalue weighted by atomic mass is 19.4. The molecule has 1 aromatic rings. The van der Waals surface area contributed by atoms with E-state index >= 15 is 0 Å². The van der Waals surface area contributed by atoms with E-state index in [0.717, 1.165) is 0 Å². The molecule has 1 aliphatic carbocycles. The van der Waals surface area contributed by atoms with Gasteiger partial charge in [-0.3, -0.25) is 0 Å². The normalized spacial score (nSPS) is 26.8. The van der Waals surface area contributed by atoms with Gasteiger partial charge in [-0.15, -0.1) is 0 Å². The fraction of sp³-hybridized carbons (Fsp3) is 0.600. The van der Waals surface area contributed by atoms with Gasteiger partial charge in [-0.25, -0.2) is 4.39 Å². The SMILES string of the molecule is OC(CC1(F)C(F)(F)C(F)(F)C(F)(F)C(F)(F)C1(F)F)c1cccc(C(F)(F)F)c1. The zero-order valence-corrected chi connectivity index (χ0v) is 13.8. The van der Waals surface area contributed by atoms with Gasteiger partial charge in [0.15, 0.2) is 0 Å². The number of halogens is 14. The molecule has 1 aliphatic rings. The van der Waals surface area contributed by atoms with Crippen molar-refractivity contribution >= 4 is 0 Å². The lowest BCUT2D eigenvalue weighted by molar-refractivity contribution is -0.487. The van der Waals surface area contributed by atoms with Crippen LogP contribution in [0.15, 0.2) is 24.3 Å². The van der Waals surface area contributed by atoms with E-state index in [2.05, 4.69) is 0 Å². The fourth-order valence-electron chi connectivity index (χ4n) is 2.85. The molecule has 30 heavy (non-hydrogen) atoms. The number of benzene rings is 1. The van der Waals surface area contributed by atoms with Crippen LogP contribution in [0.25, 0.3) is 0 Å². The largest absolute Gasteiger partial charge is 0.416 e. The molecule has 1 aromatic carbocycles. The standard InChI is InChI=1S/C15H8F14O/c16-9(5-8(30)6-2-1-3-7(4-6)10(17,18)19)11(20,21)13(24,25)15(28,29)14(26,27)12(9,22)23/h1-4,8,30H,5H2. The summed E-state index contributed by atoms with van der Waals surface area (Å²) in [6.45, 7) is 0. The van der Waals surface area contributed by atoms with Crippen LogP contribution >= 0.6 is 0 Å². The Morgan fingerprint density at radius 3 is 1.50 bits per heavy atom. The highest BCUT2D eigenvalue weighted by Gasteiger charge is 3.00. The van der Waals surface area contributed by atoms with Gasteiger partial charge in [0.25, 0.3) is 5.67 Å². The van der Waals surface area contributed by atoms with Gasteiger partial charge >= 0.3 is 35.8 Å². The van der Waals surface area contributed by atoms with Gasteiger partial charge in [0, 0.05) is 6.42 Å². The molecular weight excluding hydrogens is 462 g/mol. The van der Waals surface area contributed by atoms with Gasteiger partial charge in [-0.2, -0.15) is 57.1 Å². The molecule has 172 valence electrons. The first-order valence-corrected chi connectivity index (χ1v) is 7.53. The lowest BCUT2D eigenvalue weighted by Crippen LogP contribution is -2.83. The molecule has 2 rings (SSSR count). The molecule has 0 aromatic heterocycles. The van der Waals surface area contributed by atoms with Crippen LogP contribution in [0, 0.1) is 0 Å². The van der Waals surface area contributed by atoms with Crippen LogP contribution in [0.5, 0.6) is 0 Å². The van der Waals surface area contributed by atoms with Crippen molar-refractivity contribution in [1.82, 2.24) is 0 Å². The highest BCUT2D eigenvalue weighted by Crippen LogP contribution is 2.70. The Morgan fingerprint density at radius 2 is 1.10 bits per heavy atom. The van der Waals surface area contributed by atoms with E-state index in [1.165, 1.54) is 0 Å². The molecular formula is C15H8F14O. The van der Waals surface area contributed by atoms with Crippen LogP contribution in [-0.2, 0) is 6.18 Å². The number of aliphatic hydroxyl groups excluding tert-OH is 1. The zero-order valence-electron chi connectivity index (χ0n) is 13.8. The fourth-order valence-corrected chi connectivity index (χ4v) is 2.85. The van der Waals surface area contributed by atoms with Crippen molar-refractivity contribution in [3.63, 3.8) is 0 Å². The van der Waals surface area contributed by atoms with Crippen molar-refractivity contribution in [3.8, 4) is 0 Å². The smallest absolute Gasteiger partial charge is 0.388 e. The van der Waals surface area contributed by atoms with E-state index < -0.39 is 65.1 Å². The number of alkyl halides is 14. The van der Waals surface area contributed by atoms with Crippen LogP contribution in [0.2, 0.25) is 0 Å². The van der Waals surface area contributed by atoms with Gasteiger partial charge in [-0.1, -0.05) is 12.1 Å². The first-order chi connectivity index (χ1) is 13.1. The Kier molecular flexibility index (Phi) is 5.18. The molecule has 1 nitrogen and oxygen atoms in total. The molecule has 15 heteroatoms. The van der Waals surface area contributed by atoms with Crippen LogP contribution in [0.3, 0.4) is 0 Å². The third-order valence-corrected chi connectivity index (χ3v) is 4.65. The van der Waals surface area contributed by atoms with Crippen LogP contribution in [0.4, 0.5) is 61.5 Å². The summed E-state index contributed by atoms with van der Waals surface area (Å²) in [7, 11) is 0. The van der Waals surface area contributed by atoms with Crippen molar-refractivity contribution in [2.45, 2.75) is 54.0 Å². The van der Waals surface area contributed by atoms with Crippen molar-refractivity contribution in [2.24, 2.45) is 0 Å². The Bertz CT molecular complexity index is 782. The Morgan fingerprint density at radius 1 is 0.700 bits per heavy atom. The second-order valence-electron chi connectivity index (χ2n) is 6.52. The number of rotatable bonds is 3. The minimum atomic E-state index is -7.41. The number of hydrogen-bond acceptors (Lipinski definition) is 1. The van der Waals surface area contributed by atoms with E-state index in [1.807, 2.05) is 0 Å². The first kappa shape index (κ1) is 24.5. The summed E-state index contributed by atoms with van der Waals surface area (Å²) in [5.74, 6) is -36.5. The molecule has 0 amide bonds. The monoisotopic (exact) mass is 470 g/mol. The summed E-state index contributed by atoms with van der Waals surface area (Å²) in [6.07, 6.45) is -11.4. The summed E-state index contributed by atoms with van der Waals surface area (Å²) in [4.78, 5) is 0. The maximum atomic E-state index is 14.6. The molecule has 1 fully saturated rings. The van der Waals surface area contributed by atoms with E-state index in [9.17, 15) is 66.6 Å². The Labute approximate surface area is 157 Å². The van der Waals surface area contributed by atoms with Gasteiger partial charge < -0.3 is 5.11 Å². The van der Waals surface area contributed by atoms with Gasteiger partial charge in [0.05, 0.1) is 11.7 Å². The summed E-state index contributed by atoms with van der Waals surface area (Å²) >= 11 is 0. The topological polar surface area (TPSA) is 20.2 Å². The van der Waals surface area contributed by atoms with E-state index in [1.54, 1.807) is 0 Å². The Balaban J connectivity index is 2.61. The van der Waals surface area contributed by atoms with Gasteiger partial charge in [0.1, 0.15) is 0 Å². The third kappa shape index (κ3) is 2.79. The number of hydrogen-bond donors (Lipinski definition) is 1. The minimum Gasteiger partial charge on any atom is -0.388 e. The average molecular weight is 470 g/mol. The molecule has 0 bridgehead atoms. The van der Waals surface area contributed by atoms with Crippen molar-refractivity contribution in [3.05, 3.63) is 35.4 Å². The molecule has 0 radical (unpaired) electrons. The first-order valence-electron chi connectivity index (χ1n) is 7.53. The lowest BCUT2D eigenvalue weighted by atomic mass is 9.69. The third-order valence-electron chi connectivity index (χ3n) is 4.65. The van der Waals surface area contributed by atoms with Crippen LogP contribution in [0.1, 0.15) is 23.7 Å². The minimum absolute atomic E-state index is 0.0853. The zero-order chi connectivity index (χ0) is 23.8. The predicted molar refractivity (Wildman–Crippen MR) is 69.6 cm³/mol. The molecule has 0 aliphatic heterocycles. The molecule has 1 unspecified atom stereocenters. The maximum absolute atomic E-state index is 14.6. The van der Waals surface area contributed by atoms with Crippen molar-refractivity contribution in [2.75, 3.05) is 0 Å². The maximum Gasteiger partial charge on any atom is 0.416 e. The molecule has 1 N–H and O–H groups in total. The molecule has 1 atom stereocenters. The van der Waals surface area contributed by atoms with Crippen molar-refractivity contribution in [1.29, 1.82) is 0 Å². The Hall–Kier alpha value is -1.80. The second-order valence-corrected chi connectivity index (χ2v) is 6.52. The summed E-state index contributed by atoms with van der Waals surface area (Å²) in [6, 6.07) is 1.14. The quantitative estimate of drug-likeness (QED) is 0.536. The predicted octanol–water partition coefficient (Wildman–Crippen LogP) is 6.03. The molecule has 0 saturated heterocycles. The number of aliphatic hydroxyl groups is 1. The molecule has 0 heterocycles. The molecule has 1 saturated carbocycles.